The minimum absolute atomic E-state index is 0.0695. The van der Waals surface area contributed by atoms with Crippen molar-refractivity contribution in [2.45, 2.75) is 141 Å². The number of urea groups is 1. The first-order chi connectivity index (χ1) is 53.2. The molecule has 2 heterocycles. The maximum absolute atomic E-state index is 14.0. The fourth-order valence-corrected chi connectivity index (χ4v) is 11.6. The number of carbonyl (C=O) groups is 9. The summed E-state index contributed by atoms with van der Waals surface area (Å²) in [6.45, 7) is 22.3. The van der Waals surface area contributed by atoms with E-state index in [1.54, 1.807) is 86.6 Å². The van der Waals surface area contributed by atoms with Crippen LogP contribution in [-0.4, -0.2) is 304 Å². The molecule has 630 valence electrons. The number of unbranched alkanes of at least 4 members (excludes halogenated alkanes) is 1. The van der Waals surface area contributed by atoms with E-state index in [9.17, 15) is 43.2 Å². The van der Waals surface area contributed by atoms with Crippen molar-refractivity contribution in [1.29, 1.82) is 0 Å². The van der Waals surface area contributed by atoms with Crippen molar-refractivity contribution in [3.8, 4) is 28.4 Å². The predicted octanol–water partition coefficient (Wildman–Crippen LogP) is 3.80. The average Bonchev–Trinajstić information content (AvgIpc) is 1.71. The molecule has 4 rings (SSSR count). The zero-order valence-corrected chi connectivity index (χ0v) is 67.2. The van der Waals surface area contributed by atoms with Gasteiger partial charge >= 0.3 is 23.9 Å². The lowest BCUT2D eigenvalue weighted by Gasteiger charge is -2.19. The van der Waals surface area contributed by atoms with Gasteiger partial charge in [0.15, 0.2) is 19.8 Å². The maximum atomic E-state index is 14.0. The van der Waals surface area contributed by atoms with Crippen LogP contribution in [0.3, 0.4) is 0 Å². The third-order valence-electron chi connectivity index (χ3n) is 15.0. The van der Waals surface area contributed by atoms with Crippen LogP contribution in [0.15, 0.2) is 36.4 Å². The number of amides is 7. The molecule has 34 nitrogen and oxygen atoms in total. The Hall–Kier alpha value is -7.26. The molecule has 2 saturated heterocycles. The fourth-order valence-electron chi connectivity index (χ4n) is 10.0. The lowest BCUT2D eigenvalue weighted by molar-refractivity contribution is -0.157. The Morgan fingerprint density at radius 1 is 0.369 bits per heavy atom. The number of rotatable bonds is 64. The van der Waals surface area contributed by atoms with E-state index in [4.69, 9.17) is 85.3 Å². The lowest BCUT2D eigenvalue weighted by Crippen LogP contribution is -2.36. The molecule has 2 aromatic rings. The van der Waals surface area contributed by atoms with Crippen LogP contribution in [0.25, 0.3) is 11.1 Å². The van der Waals surface area contributed by atoms with Gasteiger partial charge in [-0.15, -0.1) is 0 Å². The van der Waals surface area contributed by atoms with E-state index in [0.717, 1.165) is 18.6 Å². The van der Waals surface area contributed by atoms with Crippen molar-refractivity contribution in [3.05, 3.63) is 42.0 Å². The molecule has 0 radical (unpaired) electrons. The van der Waals surface area contributed by atoms with Crippen LogP contribution in [0.5, 0.6) is 17.2 Å². The molecule has 3 atom stereocenters. The molecule has 2 aromatic carbocycles. The van der Waals surface area contributed by atoms with Gasteiger partial charge in [-0.2, -0.15) is 11.8 Å². The smallest absolute Gasteiger partial charge is 0.315 e. The minimum atomic E-state index is -0.551. The molecule has 0 unspecified atom stereocenters. The minimum Gasteiger partial charge on any atom is -0.484 e. The van der Waals surface area contributed by atoms with E-state index < -0.39 is 60.3 Å². The number of hydrogen-bond acceptors (Lipinski definition) is 28. The summed E-state index contributed by atoms with van der Waals surface area (Å²) in [4.78, 5) is 114. The summed E-state index contributed by atoms with van der Waals surface area (Å²) in [6, 6.07) is 9.40. The van der Waals surface area contributed by atoms with Gasteiger partial charge in [0, 0.05) is 61.8 Å². The highest BCUT2D eigenvalue weighted by molar-refractivity contribution is 8.00. The van der Waals surface area contributed by atoms with Crippen molar-refractivity contribution in [3.63, 3.8) is 0 Å². The molecule has 0 spiro atoms. The Balaban J connectivity index is 1.31. The summed E-state index contributed by atoms with van der Waals surface area (Å²) < 4.78 is 100. The standard InChI is InChI=1S/C76H123N7O27S/c1-74(2,3)108-68(88)14-22-93-28-34-99-40-43-102-37-31-96-25-19-78-65(85)52-105-59-47-56(46-58(50-59)72(91)81-18-17-77-64(84)13-11-10-12-63-71-62(55-111-63)82-73(92)83-71)57-48-60(106-53-66(86)79-20-26-97-32-38-103-44-41-100-35-29-94-23-15-69(89)109-75(4,5)6)51-61(49-57)107-54-67(87)80-21-27-98-33-39-104-45-42-101-36-30-95-24-16-70(90)110-76(7,8)9/h46-51,62-63,71H,10-45,52-55H2,1-9H3,(H,77,84)(H,78,85)(H,79,86)(H,80,87)(H,81,91)(H2,82,83,92)/t62-,63-,71-/m0/s1. The van der Waals surface area contributed by atoms with Gasteiger partial charge in [-0.3, -0.25) is 38.4 Å². The topological polar surface area (TPSA) is 404 Å². The Bertz CT molecular complexity index is 2930. The van der Waals surface area contributed by atoms with Gasteiger partial charge < -0.3 is 122 Å². The Morgan fingerprint density at radius 3 is 1.06 bits per heavy atom. The predicted molar refractivity (Wildman–Crippen MR) is 408 cm³/mol. The third-order valence-corrected chi connectivity index (χ3v) is 16.5. The van der Waals surface area contributed by atoms with Crippen LogP contribution in [0.2, 0.25) is 0 Å². The molecule has 0 saturated carbocycles. The second kappa shape index (κ2) is 56.9. The monoisotopic (exact) mass is 1600 g/mol. The second-order valence-electron chi connectivity index (χ2n) is 28.2. The van der Waals surface area contributed by atoms with Crippen molar-refractivity contribution in [1.82, 2.24) is 37.2 Å². The fraction of sp³-hybridized carbons (Fsp3) is 0.724. The quantitative estimate of drug-likeness (QED) is 0.0214. The Morgan fingerprint density at radius 2 is 0.694 bits per heavy atom. The number of esters is 3. The highest BCUT2D eigenvalue weighted by Crippen LogP contribution is 2.35. The first-order valence-electron chi connectivity index (χ1n) is 38.0. The van der Waals surface area contributed by atoms with Crippen LogP contribution in [-0.2, 0) is 105 Å². The summed E-state index contributed by atoms with van der Waals surface area (Å²) in [6.07, 6.45) is 3.08. The Kier molecular flexibility index (Phi) is 49.2. The van der Waals surface area contributed by atoms with E-state index in [1.165, 1.54) is 12.1 Å². The van der Waals surface area contributed by atoms with Gasteiger partial charge in [0.1, 0.15) is 34.1 Å². The lowest BCUT2D eigenvalue weighted by atomic mass is 10.0. The molecule has 111 heavy (non-hydrogen) atoms. The average molecular weight is 1600 g/mol. The molecule has 2 aliphatic rings. The maximum Gasteiger partial charge on any atom is 0.315 e. The van der Waals surface area contributed by atoms with Crippen LogP contribution >= 0.6 is 11.8 Å². The van der Waals surface area contributed by atoms with E-state index in [0.29, 0.717) is 103 Å². The zero-order valence-electron chi connectivity index (χ0n) is 66.4. The molecule has 0 aliphatic carbocycles. The molecule has 2 aliphatic heterocycles. The molecular formula is C76H123N7O27S. The number of fused-ring (bicyclic) bond motifs is 1. The molecule has 7 amide bonds. The van der Waals surface area contributed by atoms with Crippen LogP contribution < -0.4 is 51.4 Å². The van der Waals surface area contributed by atoms with Crippen molar-refractivity contribution < 1.29 is 128 Å². The van der Waals surface area contributed by atoms with E-state index in [-0.39, 0.29) is 201 Å². The molecule has 2 fully saturated rings. The third kappa shape index (κ3) is 50.5. The summed E-state index contributed by atoms with van der Waals surface area (Å²) >= 11 is 1.82. The highest BCUT2D eigenvalue weighted by atomic mass is 32.2. The van der Waals surface area contributed by atoms with Gasteiger partial charge in [-0.05, 0) is 117 Å². The van der Waals surface area contributed by atoms with Gasteiger partial charge in [0.25, 0.3) is 23.6 Å². The van der Waals surface area contributed by atoms with Gasteiger partial charge in [0.05, 0.1) is 190 Å². The number of nitrogens with one attached hydrogen (secondary N) is 7. The number of thioether (sulfide) groups is 1. The van der Waals surface area contributed by atoms with Crippen molar-refractivity contribution in [2.75, 3.05) is 217 Å². The molecule has 35 heteroatoms. The highest BCUT2D eigenvalue weighted by Gasteiger charge is 2.42. The molecular weight excluding hydrogens is 1470 g/mol. The SMILES string of the molecule is CC(C)(C)OC(=O)CCOCCOCCOCCOCCNC(=O)COc1cc(OCC(=O)NCCOCCOCCOCCOCCC(=O)OC(C)(C)C)cc(-c2cc(OCC(=O)NCCOCCOCCOCCOCCC(=O)OC(C)(C)C)cc(C(=O)NCCNC(=O)CCCC[C@@H]3SC[C@@H]4NC(=O)N[C@@H]43)c2)c1. The summed E-state index contributed by atoms with van der Waals surface area (Å²) in [7, 11) is 0. The van der Waals surface area contributed by atoms with Crippen molar-refractivity contribution >= 4 is 65.2 Å². The molecule has 0 aromatic heterocycles. The van der Waals surface area contributed by atoms with Crippen LogP contribution in [0.4, 0.5) is 4.79 Å². The van der Waals surface area contributed by atoms with Gasteiger partial charge in [-0.1, -0.05) is 6.42 Å². The van der Waals surface area contributed by atoms with E-state index in [1.807, 2.05) is 11.8 Å². The second-order valence-corrected chi connectivity index (χ2v) is 29.5. The molecule has 7 N–H and O–H groups in total. The zero-order chi connectivity index (χ0) is 80.8. The van der Waals surface area contributed by atoms with Crippen LogP contribution in [0.1, 0.15) is 118 Å². The van der Waals surface area contributed by atoms with Gasteiger partial charge in [0.2, 0.25) is 5.91 Å². The first kappa shape index (κ1) is 96.1. The number of carbonyl (C=O) groups excluding carboxylic acids is 9. The van der Waals surface area contributed by atoms with Gasteiger partial charge in [-0.25, -0.2) is 4.79 Å². The summed E-state index contributed by atoms with van der Waals surface area (Å²) in [5.74, 6) is -1.85. The van der Waals surface area contributed by atoms with Crippen LogP contribution in [0, 0.1) is 0 Å². The van der Waals surface area contributed by atoms with E-state index in [2.05, 4.69) is 37.2 Å². The summed E-state index contributed by atoms with van der Waals surface area (Å²) in [5, 5.41) is 20.2. The van der Waals surface area contributed by atoms with Crippen molar-refractivity contribution in [2.24, 2.45) is 0 Å². The normalized spacial score (nSPS) is 14.7. The Labute approximate surface area is 656 Å². The first-order valence-corrected chi connectivity index (χ1v) is 39.1. The van der Waals surface area contributed by atoms with E-state index >= 15 is 0 Å². The molecule has 0 bridgehead atoms. The summed E-state index contributed by atoms with van der Waals surface area (Å²) in [5.41, 5.74) is -0.750. The largest absolute Gasteiger partial charge is 0.484 e. The number of benzene rings is 2. The number of ether oxygens (including phenoxy) is 18. The number of hydrogen-bond donors (Lipinski definition) is 7.